The molecule has 2 rings (SSSR count). The van der Waals surface area contributed by atoms with Crippen LogP contribution in [-0.2, 0) is 6.42 Å². The molecule has 4 nitrogen and oxygen atoms in total. The van der Waals surface area contributed by atoms with Gasteiger partial charge in [0.15, 0.2) is 5.82 Å². The van der Waals surface area contributed by atoms with Crippen LogP contribution in [0, 0.1) is 0 Å². The fourth-order valence-electron chi connectivity index (χ4n) is 1.83. The molecule has 0 unspecified atom stereocenters. The number of nitrogens with two attached hydrogens (primary N) is 1. The summed E-state index contributed by atoms with van der Waals surface area (Å²) in [7, 11) is 0. The summed E-state index contributed by atoms with van der Waals surface area (Å²) >= 11 is 0. The summed E-state index contributed by atoms with van der Waals surface area (Å²) in [4.78, 5) is 2.28. The Labute approximate surface area is 84.0 Å². The van der Waals surface area contributed by atoms with Crippen molar-refractivity contribution in [1.82, 2.24) is 5.16 Å². The van der Waals surface area contributed by atoms with E-state index in [1.54, 1.807) is 0 Å². The lowest BCUT2D eigenvalue weighted by molar-refractivity contribution is 0.382. The monoisotopic (exact) mass is 195 g/mol. The molecule has 0 aliphatic carbocycles. The molecule has 78 valence electrons. The highest BCUT2D eigenvalue weighted by atomic mass is 16.5. The number of aromatic nitrogens is 1. The first-order valence-corrected chi connectivity index (χ1v) is 5.31. The lowest BCUT2D eigenvalue weighted by Crippen LogP contribution is -2.29. The lowest BCUT2D eigenvalue weighted by atomic mass is 10.1. The third-order valence-electron chi connectivity index (χ3n) is 2.62. The summed E-state index contributed by atoms with van der Waals surface area (Å²) in [6.45, 7) is 2.83. The molecule has 0 spiro atoms. The molecule has 1 fully saturated rings. The van der Waals surface area contributed by atoms with Gasteiger partial charge in [-0.15, -0.1) is 0 Å². The van der Waals surface area contributed by atoms with Gasteiger partial charge in [0.1, 0.15) is 5.76 Å². The molecule has 0 atom stereocenters. The van der Waals surface area contributed by atoms with Crippen molar-refractivity contribution in [1.29, 1.82) is 0 Å². The first-order chi connectivity index (χ1) is 6.90. The van der Waals surface area contributed by atoms with Gasteiger partial charge in [-0.25, -0.2) is 0 Å². The topological polar surface area (TPSA) is 55.3 Å². The van der Waals surface area contributed by atoms with Crippen LogP contribution >= 0.6 is 0 Å². The molecule has 1 aromatic heterocycles. The van der Waals surface area contributed by atoms with E-state index in [0.29, 0.717) is 6.54 Å². The lowest BCUT2D eigenvalue weighted by Gasteiger charge is -2.25. The van der Waals surface area contributed by atoms with Gasteiger partial charge in [-0.1, -0.05) is 5.16 Å². The SMILES string of the molecule is NCCc1cc(N2CCCCC2)no1. The van der Waals surface area contributed by atoms with Gasteiger partial charge in [0.2, 0.25) is 0 Å². The van der Waals surface area contributed by atoms with Crippen molar-refractivity contribution in [3.05, 3.63) is 11.8 Å². The minimum absolute atomic E-state index is 0.620. The molecule has 1 saturated heterocycles. The van der Waals surface area contributed by atoms with E-state index in [1.807, 2.05) is 6.07 Å². The largest absolute Gasteiger partial charge is 0.359 e. The molecular weight excluding hydrogens is 178 g/mol. The molecule has 0 radical (unpaired) electrons. The van der Waals surface area contributed by atoms with Crippen LogP contribution in [-0.4, -0.2) is 24.8 Å². The quantitative estimate of drug-likeness (QED) is 0.786. The van der Waals surface area contributed by atoms with Crippen molar-refractivity contribution >= 4 is 5.82 Å². The summed E-state index contributed by atoms with van der Waals surface area (Å²) in [5.41, 5.74) is 5.45. The van der Waals surface area contributed by atoms with Crippen molar-refractivity contribution in [2.24, 2.45) is 5.73 Å². The van der Waals surface area contributed by atoms with Gasteiger partial charge < -0.3 is 15.2 Å². The average molecular weight is 195 g/mol. The molecule has 2 heterocycles. The third-order valence-corrected chi connectivity index (χ3v) is 2.62. The first-order valence-electron chi connectivity index (χ1n) is 5.31. The second-order valence-electron chi connectivity index (χ2n) is 3.74. The number of rotatable bonds is 3. The maximum atomic E-state index is 5.45. The zero-order chi connectivity index (χ0) is 9.80. The zero-order valence-corrected chi connectivity index (χ0v) is 8.41. The second kappa shape index (κ2) is 4.46. The Hall–Kier alpha value is -1.03. The van der Waals surface area contributed by atoms with Crippen LogP contribution in [0.3, 0.4) is 0 Å². The number of hydrogen-bond acceptors (Lipinski definition) is 4. The molecule has 14 heavy (non-hydrogen) atoms. The fourth-order valence-corrected chi connectivity index (χ4v) is 1.83. The molecule has 0 aromatic carbocycles. The van der Waals surface area contributed by atoms with Crippen LogP contribution in [0.5, 0.6) is 0 Å². The van der Waals surface area contributed by atoms with Crippen LogP contribution in [0.4, 0.5) is 5.82 Å². The number of anilines is 1. The van der Waals surface area contributed by atoms with E-state index in [-0.39, 0.29) is 0 Å². The molecule has 0 saturated carbocycles. The van der Waals surface area contributed by atoms with E-state index < -0.39 is 0 Å². The summed E-state index contributed by atoms with van der Waals surface area (Å²) in [6.07, 6.45) is 4.64. The smallest absolute Gasteiger partial charge is 0.172 e. The van der Waals surface area contributed by atoms with E-state index >= 15 is 0 Å². The van der Waals surface area contributed by atoms with Crippen molar-refractivity contribution in [2.45, 2.75) is 25.7 Å². The normalized spacial score (nSPS) is 17.4. The Balaban J connectivity index is 2.00. The predicted molar refractivity (Wildman–Crippen MR) is 55.3 cm³/mol. The maximum Gasteiger partial charge on any atom is 0.172 e. The second-order valence-corrected chi connectivity index (χ2v) is 3.74. The van der Waals surface area contributed by atoms with Crippen LogP contribution < -0.4 is 10.6 Å². The molecule has 0 amide bonds. The van der Waals surface area contributed by atoms with Gasteiger partial charge in [0, 0.05) is 25.6 Å². The van der Waals surface area contributed by atoms with E-state index in [0.717, 1.165) is 31.1 Å². The highest BCUT2D eigenvalue weighted by Gasteiger charge is 2.14. The molecule has 4 heteroatoms. The van der Waals surface area contributed by atoms with Crippen molar-refractivity contribution in [3.8, 4) is 0 Å². The Morgan fingerprint density at radius 1 is 1.36 bits per heavy atom. The van der Waals surface area contributed by atoms with E-state index in [4.69, 9.17) is 10.3 Å². The van der Waals surface area contributed by atoms with Gasteiger partial charge in [-0.05, 0) is 25.8 Å². The van der Waals surface area contributed by atoms with Gasteiger partial charge in [0.25, 0.3) is 0 Å². The highest BCUT2D eigenvalue weighted by Crippen LogP contribution is 2.19. The minimum atomic E-state index is 0.620. The zero-order valence-electron chi connectivity index (χ0n) is 8.41. The summed E-state index contributed by atoms with van der Waals surface area (Å²) in [5, 5.41) is 4.05. The first kappa shape index (κ1) is 9.52. The van der Waals surface area contributed by atoms with E-state index in [1.165, 1.54) is 19.3 Å². The van der Waals surface area contributed by atoms with Crippen LogP contribution in [0.1, 0.15) is 25.0 Å². The summed E-state index contributed by atoms with van der Waals surface area (Å²) < 4.78 is 5.19. The van der Waals surface area contributed by atoms with E-state index in [9.17, 15) is 0 Å². The minimum Gasteiger partial charge on any atom is -0.359 e. The number of hydrogen-bond donors (Lipinski definition) is 1. The molecule has 2 N–H and O–H groups in total. The Kier molecular flexibility index (Phi) is 3.03. The van der Waals surface area contributed by atoms with E-state index in [2.05, 4.69) is 10.1 Å². The Bertz CT molecular complexity index is 279. The van der Waals surface area contributed by atoms with Crippen molar-refractivity contribution in [2.75, 3.05) is 24.5 Å². The van der Waals surface area contributed by atoms with Crippen LogP contribution in [0.25, 0.3) is 0 Å². The maximum absolute atomic E-state index is 5.45. The average Bonchev–Trinajstić information content (AvgIpc) is 2.68. The van der Waals surface area contributed by atoms with Crippen molar-refractivity contribution in [3.63, 3.8) is 0 Å². The van der Waals surface area contributed by atoms with Gasteiger partial charge in [0.05, 0.1) is 0 Å². The predicted octanol–water partition coefficient (Wildman–Crippen LogP) is 1.17. The van der Waals surface area contributed by atoms with Gasteiger partial charge >= 0.3 is 0 Å². The fraction of sp³-hybridized carbons (Fsp3) is 0.700. The highest BCUT2D eigenvalue weighted by molar-refractivity contribution is 5.38. The Morgan fingerprint density at radius 2 is 2.14 bits per heavy atom. The third kappa shape index (κ3) is 2.07. The molecular formula is C10H17N3O. The van der Waals surface area contributed by atoms with Gasteiger partial charge in [-0.3, -0.25) is 0 Å². The van der Waals surface area contributed by atoms with Gasteiger partial charge in [-0.2, -0.15) is 0 Å². The molecule has 0 bridgehead atoms. The number of piperidine rings is 1. The standard InChI is InChI=1S/C10H17N3O/c11-5-4-9-8-10(12-14-9)13-6-2-1-3-7-13/h8H,1-7,11H2. The Morgan fingerprint density at radius 3 is 2.86 bits per heavy atom. The van der Waals surface area contributed by atoms with Crippen LogP contribution in [0.2, 0.25) is 0 Å². The summed E-state index contributed by atoms with van der Waals surface area (Å²) in [6, 6.07) is 2.01. The summed E-state index contributed by atoms with van der Waals surface area (Å²) in [5.74, 6) is 1.88. The molecule has 1 aliphatic heterocycles. The number of nitrogens with zero attached hydrogens (tertiary/aromatic N) is 2. The molecule has 1 aromatic rings. The van der Waals surface area contributed by atoms with Crippen LogP contribution in [0.15, 0.2) is 10.6 Å². The van der Waals surface area contributed by atoms with Crippen molar-refractivity contribution < 1.29 is 4.52 Å². The molecule has 1 aliphatic rings.